The van der Waals surface area contributed by atoms with E-state index in [-0.39, 0.29) is 5.91 Å². The van der Waals surface area contributed by atoms with Crippen LogP contribution in [0.4, 0.5) is 11.4 Å². The number of methoxy groups -OCH3 is 2. The van der Waals surface area contributed by atoms with E-state index < -0.39 is 0 Å². The summed E-state index contributed by atoms with van der Waals surface area (Å²) in [5, 5.41) is 6.55. The highest BCUT2D eigenvalue weighted by Gasteiger charge is 2.12. The fraction of sp³-hybridized carbons (Fsp3) is 0.316. The van der Waals surface area contributed by atoms with Crippen molar-refractivity contribution in [1.29, 1.82) is 0 Å². The first-order valence-electron chi connectivity index (χ1n) is 7.97. The third kappa shape index (κ3) is 5.03. The molecule has 0 heterocycles. The molecule has 2 aromatic carbocycles. The van der Waals surface area contributed by atoms with E-state index in [1.807, 2.05) is 13.8 Å². The Morgan fingerprint density at radius 3 is 2.44 bits per heavy atom. The summed E-state index contributed by atoms with van der Waals surface area (Å²) in [5.41, 5.74) is 3.89. The van der Waals surface area contributed by atoms with Crippen molar-refractivity contribution >= 4 is 28.9 Å². The van der Waals surface area contributed by atoms with Crippen LogP contribution < -0.4 is 20.1 Å². The first-order valence-corrected chi connectivity index (χ1v) is 8.35. The van der Waals surface area contributed by atoms with E-state index in [2.05, 4.69) is 28.8 Å². The number of benzene rings is 2. The van der Waals surface area contributed by atoms with E-state index in [1.54, 1.807) is 12.1 Å². The summed E-state index contributed by atoms with van der Waals surface area (Å²) in [7, 11) is 3.04. The average molecular weight is 363 g/mol. The van der Waals surface area contributed by atoms with Crippen LogP contribution in [0.5, 0.6) is 11.5 Å². The van der Waals surface area contributed by atoms with Crippen molar-refractivity contribution in [3.63, 3.8) is 0 Å². The topological polar surface area (TPSA) is 59.6 Å². The van der Waals surface area contributed by atoms with Crippen LogP contribution in [0.2, 0.25) is 5.02 Å². The molecule has 134 valence electrons. The third-order valence-corrected chi connectivity index (χ3v) is 4.10. The van der Waals surface area contributed by atoms with Gasteiger partial charge in [-0.3, -0.25) is 4.79 Å². The molecule has 1 amide bonds. The van der Waals surface area contributed by atoms with Crippen molar-refractivity contribution < 1.29 is 14.3 Å². The minimum Gasteiger partial charge on any atom is -0.495 e. The predicted molar refractivity (Wildman–Crippen MR) is 102 cm³/mol. The van der Waals surface area contributed by atoms with Gasteiger partial charge in [-0.2, -0.15) is 0 Å². The molecule has 0 spiro atoms. The highest BCUT2D eigenvalue weighted by Crippen LogP contribution is 2.35. The molecule has 25 heavy (non-hydrogen) atoms. The van der Waals surface area contributed by atoms with Crippen LogP contribution in [0, 0.1) is 13.8 Å². The number of nitrogens with one attached hydrogen (secondary N) is 2. The van der Waals surface area contributed by atoms with E-state index in [9.17, 15) is 4.79 Å². The number of ether oxygens (including phenoxy) is 2. The number of rotatable bonds is 7. The minimum absolute atomic E-state index is 0.125. The lowest BCUT2D eigenvalue weighted by molar-refractivity contribution is -0.116. The van der Waals surface area contributed by atoms with E-state index in [0.29, 0.717) is 35.2 Å². The quantitative estimate of drug-likeness (QED) is 0.765. The first-order chi connectivity index (χ1) is 11.9. The van der Waals surface area contributed by atoms with Crippen molar-refractivity contribution in [3.8, 4) is 11.5 Å². The second-order valence-electron chi connectivity index (χ2n) is 5.73. The second kappa shape index (κ2) is 8.62. The molecule has 2 N–H and O–H groups in total. The molecule has 0 bridgehead atoms. The van der Waals surface area contributed by atoms with Gasteiger partial charge in [0.15, 0.2) is 0 Å². The van der Waals surface area contributed by atoms with Crippen LogP contribution in [0.15, 0.2) is 30.3 Å². The molecule has 2 aromatic rings. The summed E-state index contributed by atoms with van der Waals surface area (Å²) in [6, 6.07) is 9.46. The van der Waals surface area contributed by atoms with Crippen LogP contribution in [0.1, 0.15) is 17.5 Å². The highest BCUT2D eigenvalue weighted by molar-refractivity contribution is 6.32. The predicted octanol–water partition coefficient (Wildman–Crippen LogP) is 4.41. The molecular formula is C19H23ClN2O3. The first kappa shape index (κ1) is 18.9. The van der Waals surface area contributed by atoms with Crippen LogP contribution in [0.25, 0.3) is 0 Å². The number of carbonyl (C=O) groups is 1. The van der Waals surface area contributed by atoms with Gasteiger partial charge in [-0.15, -0.1) is 0 Å². The van der Waals surface area contributed by atoms with Crippen molar-refractivity contribution in [3.05, 3.63) is 46.5 Å². The Bertz CT molecular complexity index is 763. The monoisotopic (exact) mass is 362 g/mol. The number of aryl methyl sites for hydroxylation is 2. The lowest BCUT2D eigenvalue weighted by atomic mass is 10.1. The molecule has 0 atom stereocenters. The van der Waals surface area contributed by atoms with E-state index >= 15 is 0 Å². The summed E-state index contributed by atoms with van der Waals surface area (Å²) in [5.74, 6) is 0.841. The fourth-order valence-corrected chi connectivity index (χ4v) is 2.64. The van der Waals surface area contributed by atoms with E-state index in [1.165, 1.54) is 19.8 Å². The van der Waals surface area contributed by atoms with Crippen LogP contribution in [0.3, 0.4) is 0 Å². The number of halogens is 1. The smallest absolute Gasteiger partial charge is 0.226 e. The van der Waals surface area contributed by atoms with E-state index in [0.717, 1.165) is 11.3 Å². The molecule has 0 aliphatic rings. The Labute approximate surface area is 153 Å². The van der Waals surface area contributed by atoms with Gasteiger partial charge in [0.2, 0.25) is 5.91 Å². The molecule has 0 saturated carbocycles. The van der Waals surface area contributed by atoms with Gasteiger partial charge < -0.3 is 20.1 Å². The second-order valence-corrected chi connectivity index (χ2v) is 6.14. The average Bonchev–Trinajstić information content (AvgIpc) is 2.59. The normalized spacial score (nSPS) is 10.3. The number of carbonyl (C=O) groups excluding carboxylic acids is 1. The maximum absolute atomic E-state index is 12.2. The zero-order valence-electron chi connectivity index (χ0n) is 14.9. The maximum atomic E-state index is 12.2. The summed E-state index contributed by atoms with van der Waals surface area (Å²) >= 11 is 6.07. The molecule has 0 aliphatic carbocycles. The van der Waals surface area contributed by atoms with Gasteiger partial charge >= 0.3 is 0 Å². The molecule has 5 nitrogen and oxygen atoms in total. The molecular weight excluding hydrogens is 340 g/mol. The third-order valence-electron chi connectivity index (χ3n) is 3.81. The molecule has 0 aromatic heterocycles. The Hall–Kier alpha value is -2.40. The summed E-state index contributed by atoms with van der Waals surface area (Å²) in [6.07, 6.45) is 0.321. The van der Waals surface area contributed by atoms with Crippen LogP contribution in [-0.2, 0) is 4.79 Å². The summed E-state index contributed by atoms with van der Waals surface area (Å²) < 4.78 is 10.4. The maximum Gasteiger partial charge on any atom is 0.226 e. The number of hydrogen-bond acceptors (Lipinski definition) is 4. The summed E-state index contributed by atoms with van der Waals surface area (Å²) in [6.45, 7) is 4.60. The molecule has 0 radical (unpaired) electrons. The van der Waals surface area contributed by atoms with Crippen molar-refractivity contribution in [1.82, 2.24) is 0 Å². The number of anilines is 2. The van der Waals surface area contributed by atoms with Gasteiger partial charge in [-0.25, -0.2) is 0 Å². The van der Waals surface area contributed by atoms with Crippen molar-refractivity contribution in [2.45, 2.75) is 20.3 Å². The molecule has 2 rings (SSSR count). The standard InChI is InChI=1S/C19H23ClN2O3/c1-12-5-6-13(2)15(9-12)21-8-7-19(23)22-16-11-17(24-3)14(20)10-18(16)25-4/h5-6,9-11,21H,7-8H2,1-4H3,(H,22,23). The Kier molecular flexibility index (Phi) is 6.53. The zero-order valence-corrected chi connectivity index (χ0v) is 15.7. The van der Waals surface area contributed by atoms with Gasteiger partial charge in [0.05, 0.1) is 24.9 Å². The van der Waals surface area contributed by atoms with Gasteiger partial charge in [0, 0.05) is 30.8 Å². The number of hydrogen-bond donors (Lipinski definition) is 2. The Balaban J connectivity index is 1.97. The SMILES string of the molecule is COc1cc(NC(=O)CCNc2cc(C)ccc2C)c(OC)cc1Cl. The molecule has 6 heteroatoms. The fourth-order valence-electron chi connectivity index (χ4n) is 2.41. The molecule has 0 saturated heterocycles. The van der Waals surface area contributed by atoms with Gasteiger partial charge in [0.1, 0.15) is 11.5 Å². The minimum atomic E-state index is -0.125. The lowest BCUT2D eigenvalue weighted by Gasteiger charge is -2.14. The van der Waals surface area contributed by atoms with Gasteiger partial charge in [-0.05, 0) is 31.0 Å². The van der Waals surface area contributed by atoms with Crippen molar-refractivity contribution in [2.75, 3.05) is 31.4 Å². The van der Waals surface area contributed by atoms with Crippen LogP contribution in [-0.4, -0.2) is 26.7 Å². The van der Waals surface area contributed by atoms with Gasteiger partial charge in [-0.1, -0.05) is 23.7 Å². The Morgan fingerprint density at radius 1 is 1.04 bits per heavy atom. The van der Waals surface area contributed by atoms with Crippen LogP contribution >= 0.6 is 11.6 Å². The van der Waals surface area contributed by atoms with Gasteiger partial charge in [0.25, 0.3) is 0 Å². The Morgan fingerprint density at radius 2 is 1.76 bits per heavy atom. The summed E-state index contributed by atoms with van der Waals surface area (Å²) in [4.78, 5) is 12.2. The molecule has 0 fully saturated rings. The van der Waals surface area contributed by atoms with Crippen molar-refractivity contribution in [2.24, 2.45) is 0 Å². The number of amides is 1. The highest BCUT2D eigenvalue weighted by atomic mass is 35.5. The molecule has 0 aliphatic heterocycles. The molecule has 0 unspecified atom stereocenters. The zero-order chi connectivity index (χ0) is 18.4. The largest absolute Gasteiger partial charge is 0.495 e. The lowest BCUT2D eigenvalue weighted by Crippen LogP contribution is -2.17. The van der Waals surface area contributed by atoms with E-state index in [4.69, 9.17) is 21.1 Å².